The average Bonchev–Trinajstić information content (AvgIpc) is 3.38. The van der Waals surface area contributed by atoms with E-state index in [1.807, 2.05) is 33.8 Å². The number of hydroxylamine groups is 1. The van der Waals surface area contributed by atoms with Crippen LogP contribution in [-0.4, -0.2) is 144 Å². The van der Waals surface area contributed by atoms with E-state index in [2.05, 4.69) is 0 Å². The smallest absolute Gasteiger partial charge is 0.329 e. The van der Waals surface area contributed by atoms with Crippen molar-refractivity contribution in [1.29, 1.82) is 0 Å². The Hall–Kier alpha value is -3.29. The monoisotopic (exact) mass is 1090 g/mol. The lowest BCUT2D eigenvalue weighted by atomic mass is 9.78. The summed E-state index contributed by atoms with van der Waals surface area (Å²) in [5, 5.41) is 37.0. The number of carbonyl (C=O) groups excluding carboxylic acids is 5. The van der Waals surface area contributed by atoms with E-state index in [-0.39, 0.29) is 67.3 Å². The van der Waals surface area contributed by atoms with Gasteiger partial charge in [0.2, 0.25) is 5.79 Å². The van der Waals surface area contributed by atoms with Crippen molar-refractivity contribution in [1.82, 2.24) is 4.90 Å². The predicted octanol–water partition coefficient (Wildman–Crippen LogP) is 8.34. The number of amides is 1. The highest BCUT2D eigenvalue weighted by Gasteiger charge is 2.53. The Balaban J connectivity index is 1.36. The lowest BCUT2D eigenvalue weighted by Crippen LogP contribution is -2.61. The zero-order chi connectivity index (χ0) is 55.1. The molecule has 17 atom stereocenters. The van der Waals surface area contributed by atoms with Crippen LogP contribution < -0.4 is 5.06 Å². The molecule has 16 nitrogen and oxygen atoms in total. The van der Waals surface area contributed by atoms with Gasteiger partial charge in [0.05, 0.1) is 40.5 Å². The maximum Gasteiger partial charge on any atom is 0.329 e. The fourth-order valence-corrected chi connectivity index (χ4v) is 12.8. The van der Waals surface area contributed by atoms with Gasteiger partial charge in [0.15, 0.2) is 5.78 Å². The molecule has 3 saturated heterocycles. The molecule has 75 heavy (non-hydrogen) atoms. The lowest BCUT2D eigenvalue weighted by molar-refractivity contribution is -0.265. The molecule has 420 valence electrons. The number of para-hydroxylation sites is 1. The second-order valence-electron chi connectivity index (χ2n) is 22.5. The van der Waals surface area contributed by atoms with Gasteiger partial charge in [0.25, 0.3) is 11.7 Å². The number of rotatable bonds is 7. The normalized spacial score (nSPS) is 38.1. The molecule has 18 heteroatoms. The Labute approximate surface area is 454 Å². The van der Waals surface area contributed by atoms with Crippen LogP contribution in [0.1, 0.15) is 138 Å². The quantitative estimate of drug-likeness (QED) is 0.133. The second kappa shape index (κ2) is 27.0. The van der Waals surface area contributed by atoms with Crippen molar-refractivity contribution >= 4 is 58.1 Å². The summed E-state index contributed by atoms with van der Waals surface area (Å²) in [4.78, 5) is 80.0. The van der Waals surface area contributed by atoms with Gasteiger partial charge in [-0.1, -0.05) is 76.0 Å². The molecule has 3 N–H and O–H groups in total. The Morgan fingerprint density at radius 1 is 0.827 bits per heavy atom. The number of benzene rings is 1. The minimum Gasteiger partial charge on any atom is -0.460 e. The van der Waals surface area contributed by atoms with E-state index < -0.39 is 90.0 Å². The number of nitrogens with zero attached hydrogens (tertiary/aromatic N) is 2. The van der Waals surface area contributed by atoms with E-state index in [0.717, 1.165) is 5.57 Å². The summed E-state index contributed by atoms with van der Waals surface area (Å²) in [5.41, 5.74) is 1.64. The fraction of sp³-hybridized carbons (Fsp3) is 0.737. The van der Waals surface area contributed by atoms with Gasteiger partial charge in [-0.05, 0) is 132 Å². The van der Waals surface area contributed by atoms with Crippen LogP contribution in [0.4, 0.5) is 5.69 Å². The molecule has 1 aromatic rings. The number of hydrogen-bond donors (Lipinski definition) is 3. The summed E-state index contributed by atoms with van der Waals surface area (Å²) in [5.74, 6) is -8.64. The number of piperidine rings is 1. The number of ether oxygens (including phenoxy) is 5. The Morgan fingerprint density at radius 3 is 2.20 bits per heavy atom. The maximum atomic E-state index is 14.5. The SMILES string of the molecule is CO[C@H]1C[C@@H]2CC[C@@H](C)[C@@](O)(O2)C(=O)C(=O)N2CCCC[C@H]2C(=O)O[C@H]([C@H](C)C[C@@H]2CC[C@@H](O)[C@H](OC)C2)CC(=O)[C@H](C)/C=C(/C)[C@@H](O)[C@@H](OC)C(=O)[C@H](C)C[C@H](C)C2CCC(C=C1C)ON2c1c(Cl)cccc1Cl. The van der Waals surface area contributed by atoms with Crippen LogP contribution in [-0.2, 0) is 52.5 Å². The predicted molar refractivity (Wildman–Crippen MR) is 284 cm³/mol. The van der Waals surface area contributed by atoms with Gasteiger partial charge in [-0.15, -0.1) is 0 Å². The summed E-state index contributed by atoms with van der Waals surface area (Å²) >= 11 is 13.7. The van der Waals surface area contributed by atoms with Gasteiger partial charge in [0.1, 0.15) is 41.9 Å². The zero-order valence-electron chi connectivity index (χ0n) is 45.7. The van der Waals surface area contributed by atoms with E-state index in [4.69, 9.17) is 51.7 Å². The number of ketones is 3. The molecule has 1 saturated carbocycles. The third kappa shape index (κ3) is 14.5. The van der Waals surface area contributed by atoms with Crippen LogP contribution in [0, 0.1) is 35.5 Å². The molecule has 2 unspecified atom stereocenters. The van der Waals surface area contributed by atoms with E-state index in [0.29, 0.717) is 91.9 Å². The van der Waals surface area contributed by atoms with Crippen LogP contribution >= 0.6 is 23.2 Å². The summed E-state index contributed by atoms with van der Waals surface area (Å²) in [6.45, 7) is 12.7. The zero-order valence-corrected chi connectivity index (χ0v) is 47.2. The van der Waals surface area contributed by atoms with Crippen molar-refractivity contribution in [3.8, 4) is 0 Å². The van der Waals surface area contributed by atoms with Gasteiger partial charge in [-0.25, -0.2) is 9.86 Å². The van der Waals surface area contributed by atoms with Crippen molar-refractivity contribution in [3.63, 3.8) is 0 Å². The largest absolute Gasteiger partial charge is 0.460 e. The van der Waals surface area contributed by atoms with Crippen molar-refractivity contribution in [2.75, 3.05) is 32.9 Å². The van der Waals surface area contributed by atoms with Gasteiger partial charge in [-0.3, -0.25) is 24.0 Å². The number of carbonyl (C=O) groups is 5. The standard InChI is InChI=1S/C57H84Cl2N2O14/c1-31-24-35(5)51(64)53(72-10)52(65)36(6)25-32(2)46(63)30-48(33(3)26-38-18-22-45(62)49(28-38)71-9)73-56(68)44-16-11-12-23-60(44)55(67)54(66)57(69)37(7)17-19-39(74-57)29-47(70-8)34(4)27-40-20-21-43(31)61(75-40)50-41(58)14-13-15-42(50)59/h13-15,25,27,31-33,35,37-40,43-45,47-49,52-53,62,65,69H,11-12,16-24,26,28-30H2,1-10H3/b34-27?,36-25-/t31-,32+,33+,35+,37+,38-,39-,40?,43?,44-,45+,47-,48-,49+,52+,53-,57+/m0/s1. The number of hydrogen-bond acceptors (Lipinski definition) is 15. The van der Waals surface area contributed by atoms with Crippen LogP contribution in [0.2, 0.25) is 10.0 Å². The van der Waals surface area contributed by atoms with Gasteiger partial charge in [-0.2, -0.15) is 0 Å². The lowest BCUT2D eigenvalue weighted by Gasteiger charge is -2.44. The fourth-order valence-electron chi connectivity index (χ4n) is 12.2. The highest BCUT2D eigenvalue weighted by molar-refractivity contribution is 6.39. The second-order valence-corrected chi connectivity index (χ2v) is 23.3. The first-order valence-electron chi connectivity index (χ1n) is 27.3. The molecule has 5 heterocycles. The minimum atomic E-state index is -2.49. The topological polar surface area (TPSA) is 208 Å². The third-order valence-corrected chi connectivity index (χ3v) is 17.6. The average molecular weight is 1090 g/mol. The molecule has 0 spiro atoms. The van der Waals surface area contributed by atoms with Gasteiger partial charge >= 0.3 is 5.97 Å². The van der Waals surface area contributed by atoms with Crippen LogP contribution in [0.5, 0.6) is 0 Å². The van der Waals surface area contributed by atoms with Gasteiger partial charge in [0, 0.05) is 58.5 Å². The molecule has 6 aliphatic rings. The first kappa shape index (κ1) is 60.9. The Kier molecular flexibility index (Phi) is 22.0. The summed E-state index contributed by atoms with van der Waals surface area (Å²) in [6.07, 6.45) is 3.43. The molecule has 0 aromatic heterocycles. The van der Waals surface area contributed by atoms with Crippen molar-refractivity contribution < 1.29 is 67.8 Å². The molecular formula is C57H84Cl2N2O14. The van der Waals surface area contributed by atoms with E-state index in [1.54, 1.807) is 64.3 Å². The van der Waals surface area contributed by atoms with E-state index >= 15 is 0 Å². The maximum absolute atomic E-state index is 14.5. The van der Waals surface area contributed by atoms with Crippen LogP contribution in [0.15, 0.2) is 41.5 Å². The van der Waals surface area contributed by atoms with Gasteiger partial charge < -0.3 is 43.9 Å². The number of Topliss-reactive ketones (excluding diaryl/α,β-unsaturated/α-hetero) is 3. The summed E-state index contributed by atoms with van der Waals surface area (Å²) in [7, 11) is 4.50. The number of esters is 1. The molecule has 0 radical (unpaired) electrons. The van der Waals surface area contributed by atoms with Crippen molar-refractivity contribution in [2.24, 2.45) is 35.5 Å². The first-order chi connectivity index (χ1) is 35.5. The molecule has 1 aliphatic carbocycles. The molecule has 5 aliphatic heterocycles. The van der Waals surface area contributed by atoms with E-state index in [1.165, 1.54) is 12.0 Å². The Bertz CT molecular complexity index is 2210. The van der Waals surface area contributed by atoms with Crippen molar-refractivity contribution in [2.45, 2.75) is 205 Å². The third-order valence-electron chi connectivity index (χ3n) is 17.0. The molecular weight excluding hydrogens is 1010 g/mol. The molecule has 4 bridgehead atoms. The summed E-state index contributed by atoms with van der Waals surface area (Å²) < 4.78 is 29.9. The number of aliphatic hydroxyl groups is 3. The molecule has 1 amide bonds. The molecule has 1 aromatic carbocycles. The van der Waals surface area contributed by atoms with E-state index in [9.17, 15) is 39.3 Å². The first-order valence-corrected chi connectivity index (χ1v) is 28.0. The molecule has 7 rings (SSSR count). The Morgan fingerprint density at radius 2 is 1.53 bits per heavy atom. The number of halogens is 2. The number of methoxy groups -OCH3 is 3. The number of anilines is 1. The molecule has 4 fully saturated rings. The number of allylic oxidation sites excluding steroid dienone is 1. The number of aliphatic hydroxyl groups excluding tert-OH is 2. The highest BCUT2D eigenvalue weighted by atomic mass is 35.5. The van der Waals surface area contributed by atoms with Crippen LogP contribution in [0.25, 0.3) is 0 Å². The van der Waals surface area contributed by atoms with Crippen molar-refractivity contribution in [3.05, 3.63) is 51.5 Å². The minimum absolute atomic E-state index is 0.0616. The van der Waals surface area contributed by atoms with Crippen LogP contribution in [0.3, 0.4) is 0 Å². The summed E-state index contributed by atoms with van der Waals surface area (Å²) in [6, 6.07) is 3.77. The number of fused-ring (bicyclic) bond motifs is 17. The highest BCUT2D eigenvalue weighted by Crippen LogP contribution is 2.43.